The maximum atomic E-state index is 5.29. The van der Waals surface area contributed by atoms with Crippen LogP contribution in [0.5, 0.6) is 0 Å². The second-order valence-corrected chi connectivity index (χ2v) is 3.07. The molecule has 10 heavy (non-hydrogen) atoms. The van der Waals surface area contributed by atoms with Gasteiger partial charge in [-0.15, -0.1) is 0 Å². The van der Waals surface area contributed by atoms with E-state index in [1.165, 1.54) is 19.3 Å². The lowest BCUT2D eigenvalue weighted by Gasteiger charge is -2.17. The first kappa shape index (κ1) is 9.92. The van der Waals surface area contributed by atoms with Crippen LogP contribution in [0.2, 0.25) is 0 Å². The molecule has 0 spiro atoms. The summed E-state index contributed by atoms with van der Waals surface area (Å²) < 4.78 is 0. The van der Waals surface area contributed by atoms with Crippen molar-refractivity contribution in [3.63, 3.8) is 0 Å². The molecule has 2 atom stereocenters. The van der Waals surface area contributed by atoms with Crippen LogP contribution >= 0.6 is 0 Å². The molecule has 0 aliphatic carbocycles. The Morgan fingerprint density at radius 2 is 2.00 bits per heavy atom. The van der Waals surface area contributed by atoms with Gasteiger partial charge in [-0.2, -0.15) is 0 Å². The third-order valence-electron chi connectivity index (χ3n) is 2.13. The van der Waals surface area contributed by atoms with Gasteiger partial charge < -0.3 is 0 Å². The number of hydrogen-bond acceptors (Lipinski definition) is 2. The lowest BCUT2D eigenvalue weighted by Crippen LogP contribution is -2.37. The quantitative estimate of drug-likeness (QED) is 0.455. The van der Waals surface area contributed by atoms with Crippen LogP contribution in [-0.2, 0) is 0 Å². The predicted octanol–water partition coefficient (Wildman–Crippen LogP) is 1.66. The minimum absolute atomic E-state index is 0.451. The van der Waals surface area contributed by atoms with E-state index in [0.29, 0.717) is 12.0 Å². The second-order valence-electron chi connectivity index (χ2n) is 3.07. The van der Waals surface area contributed by atoms with Crippen LogP contribution in [0.3, 0.4) is 0 Å². The molecule has 3 N–H and O–H groups in total. The average Bonchev–Trinajstić information content (AvgIpc) is 1.98. The van der Waals surface area contributed by atoms with E-state index in [0.717, 1.165) is 0 Å². The summed E-state index contributed by atoms with van der Waals surface area (Å²) in [7, 11) is 0. The van der Waals surface area contributed by atoms with Crippen LogP contribution < -0.4 is 11.3 Å². The molecule has 0 aromatic carbocycles. The van der Waals surface area contributed by atoms with Crippen molar-refractivity contribution < 1.29 is 0 Å². The van der Waals surface area contributed by atoms with Crippen LogP contribution in [0.15, 0.2) is 0 Å². The lowest BCUT2D eigenvalue weighted by atomic mass is 9.98. The van der Waals surface area contributed by atoms with Crippen molar-refractivity contribution in [1.82, 2.24) is 5.43 Å². The Morgan fingerprint density at radius 1 is 1.40 bits per heavy atom. The molecule has 0 amide bonds. The number of nitrogens with two attached hydrogens (primary N) is 1. The van der Waals surface area contributed by atoms with Gasteiger partial charge >= 0.3 is 0 Å². The van der Waals surface area contributed by atoms with E-state index in [1.54, 1.807) is 0 Å². The molecule has 0 radical (unpaired) electrons. The van der Waals surface area contributed by atoms with E-state index < -0.39 is 0 Å². The van der Waals surface area contributed by atoms with Crippen molar-refractivity contribution in [3.05, 3.63) is 0 Å². The fourth-order valence-corrected chi connectivity index (χ4v) is 0.940. The van der Waals surface area contributed by atoms with E-state index >= 15 is 0 Å². The minimum Gasteiger partial charge on any atom is -0.271 e. The third kappa shape index (κ3) is 3.85. The van der Waals surface area contributed by atoms with Crippen LogP contribution in [0.4, 0.5) is 0 Å². The molecule has 0 fully saturated rings. The molecule has 0 aromatic rings. The Hall–Kier alpha value is -0.0800. The van der Waals surface area contributed by atoms with Gasteiger partial charge in [-0.1, -0.05) is 26.7 Å². The van der Waals surface area contributed by atoms with Gasteiger partial charge in [0.05, 0.1) is 0 Å². The molecule has 2 unspecified atom stereocenters. The molecule has 0 aliphatic rings. The van der Waals surface area contributed by atoms with Gasteiger partial charge in [-0.05, 0) is 19.3 Å². The zero-order valence-corrected chi connectivity index (χ0v) is 7.35. The van der Waals surface area contributed by atoms with Crippen LogP contribution in [0, 0.1) is 5.92 Å². The smallest absolute Gasteiger partial charge is 0.0207 e. The Morgan fingerprint density at radius 3 is 2.40 bits per heavy atom. The van der Waals surface area contributed by atoms with Crippen LogP contribution in [0.1, 0.15) is 40.0 Å². The molecule has 0 rings (SSSR count). The summed E-state index contributed by atoms with van der Waals surface area (Å²) in [5.74, 6) is 5.99. The normalized spacial score (nSPS) is 16.8. The molecule has 62 valence electrons. The van der Waals surface area contributed by atoms with E-state index in [2.05, 4.69) is 26.2 Å². The molecular formula is C8H20N2. The number of nitrogens with one attached hydrogen (secondary N) is 1. The third-order valence-corrected chi connectivity index (χ3v) is 2.13. The van der Waals surface area contributed by atoms with Crippen molar-refractivity contribution in [2.75, 3.05) is 0 Å². The number of rotatable bonds is 5. The summed E-state index contributed by atoms with van der Waals surface area (Å²) in [5.41, 5.74) is 2.77. The molecule has 0 saturated carbocycles. The number of hydrogen-bond donors (Lipinski definition) is 2. The maximum absolute atomic E-state index is 5.29. The van der Waals surface area contributed by atoms with E-state index in [9.17, 15) is 0 Å². The SMILES string of the molecule is CCCCC(C)C(C)NN. The first-order valence-electron chi connectivity index (χ1n) is 4.18. The van der Waals surface area contributed by atoms with Gasteiger partial charge in [0.1, 0.15) is 0 Å². The monoisotopic (exact) mass is 144 g/mol. The van der Waals surface area contributed by atoms with Gasteiger partial charge in [0, 0.05) is 6.04 Å². The summed E-state index contributed by atoms with van der Waals surface area (Å²) in [6, 6.07) is 0.451. The van der Waals surface area contributed by atoms with E-state index in [-0.39, 0.29) is 0 Å². The molecule has 0 aliphatic heterocycles. The molecule has 0 saturated heterocycles. The Balaban J connectivity index is 3.31. The molecule has 0 heterocycles. The fraction of sp³-hybridized carbons (Fsp3) is 1.00. The summed E-state index contributed by atoms with van der Waals surface area (Å²) in [6.45, 7) is 6.58. The Labute approximate surface area is 64.2 Å². The zero-order valence-electron chi connectivity index (χ0n) is 7.35. The van der Waals surface area contributed by atoms with Gasteiger partial charge in [0.15, 0.2) is 0 Å². The average molecular weight is 144 g/mol. The predicted molar refractivity (Wildman–Crippen MR) is 45.5 cm³/mol. The van der Waals surface area contributed by atoms with Crippen molar-refractivity contribution in [2.45, 2.75) is 46.1 Å². The molecule has 2 nitrogen and oxygen atoms in total. The lowest BCUT2D eigenvalue weighted by molar-refractivity contribution is 0.375. The molecule has 2 heteroatoms. The van der Waals surface area contributed by atoms with Crippen LogP contribution in [0.25, 0.3) is 0 Å². The van der Waals surface area contributed by atoms with Gasteiger partial charge in [0.25, 0.3) is 0 Å². The first-order valence-corrected chi connectivity index (χ1v) is 4.18. The largest absolute Gasteiger partial charge is 0.271 e. The van der Waals surface area contributed by atoms with Gasteiger partial charge in [-0.3, -0.25) is 11.3 Å². The second kappa shape index (κ2) is 5.69. The zero-order chi connectivity index (χ0) is 7.98. The van der Waals surface area contributed by atoms with Crippen molar-refractivity contribution in [2.24, 2.45) is 11.8 Å². The van der Waals surface area contributed by atoms with E-state index in [1.807, 2.05) is 0 Å². The number of hydrazine groups is 1. The van der Waals surface area contributed by atoms with Crippen molar-refractivity contribution in [1.29, 1.82) is 0 Å². The molecule has 0 bridgehead atoms. The van der Waals surface area contributed by atoms with Crippen molar-refractivity contribution >= 4 is 0 Å². The summed E-state index contributed by atoms with van der Waals surface area (Å²) >= 11 is 0. The first-order chi connectivity index (χ1) is 4.72. The topological polar surface area (TPSA) is 38.0 Å². The number of unbranched alkanes of at least 4 members (excludes halogenated alkanes) is 1. The Bertz CT molecular complexity index is 73.7. The highest BCUT2D eigenvalue weighted by molar-refractivity contribution is 4.64. The van der Waals surface area contributed by atoms with Gasteiger partial charge in [-0.25, -0.2) is 0 Å². The van der Waals surface area contributed by atoms with E-state index in [4.69, 9.17) is 5.84 Å². The highest BCUT2D eigenvalue weighted by Gasteiger charge is 2.08. The molecular weight excluding hydrogens is 124 g/mol. The fourth-order valence-electron chi connectivity index (χ4n) is 0.940. The van der Waals surface area contributed by atoms with Gasteiger partial charge in [0.2, 0.25) is 0 Å². The summed E-state index contributed by atoms with van der Waals surface area (Å²) in [6.07, 6.45) is 3.87. The highest BCUT2D eigenvalue weighted by atomic mass is 15.2. The van der Waals surface area contributed by atoms with Crippen molar-refractivity contribution in [3.8, 4) is 0 Å². The van der Waals surface area contributed by atoms with Crippen LogP contribution in [-0.4, -0.2) is 6.04 Å². The minimum atomic E-state index is 0.451. The summed E-state index contributed by atoms with van der Waals surface area (Å²) in [5, 5.41) is 0. The highest BCUT2D eigenvalue weighted by Crippen LogP contribution is 2.10. The summed E-state index contributed by atoms with van der Waals surface area (Å²) in [4.78, 5) is 0. The maximum Gasteiger partial charge on any atom is 0.0207 e. The Kier molecular flexibility index (Phi) is 5.64. The standard InChI is InChI=1S/C8H20N2/c1-4-5-6-7(2)8(3)10-9/h7-8,10H,4-6,9H2,1-3H3. The molecule has 0 aromatic heterocycles.